The summed E-state index contributed by atoms with van der Waals surface area (Å²) in [6, 6.07) is 19.3. The molecule has 2 aromatic carbocycles. The van der Waals surface area contributed by atoms with Crippen LogP contribution in [0.4, 0.5) is 0 Å². The second-order valence-electron chi connectivity index (χ2n) is 7.23. The van der Waals surface area contributed by atoms with Gasteiger partial charge in [-0.15, -0.1) is 10.2 Å². The molecule has 0 fully saturated rings. The Balaban J connectivity index is 1.60. The van der Waals surface area contributed by atoms with Crippen molar-refractivity contribution in [2.24, 2.45) is 0 Å². The summed E-state index contributed by atoms with van der Waals surface area (Å²) in [7, 11) is 1.64. The van der Waals surface area contributed by atoms with Gasteiger partial charge in [0.2, 0.25) is 0 Å². The highest BCUT2D eigenvalue weighted by Gasteiger charge is 2.18. The molecule has 0 unspecified atom stereocenters. The quantitative estimate of drug-likeness (QED) is 0.259. The van der Waals surface area contributed by atoms with E-state index in [-0.39, 0.29) is 11.5 Å². The molecule has 0 aliphatic rings. The lowest BCUT2D eigenvalue weighted by Gasteiger charge is -2.11. The van der Waals surface area contributed by atoms with Gasteiger partial charge in [-0.3, -0.25) is 14.3 Å². The van der Waals surface area contributed by atoms with Gasteiger partial charge in [0.05, 0.1) is 12.9 Å². The van der Waals surface area contributed by atoms with Gasteiger partial charge in [-0.2, -0.15) is 0 Å². The number of Topliss-reactive ketones (excluding diaryl/α,β-unsaturated/α-hetero) is 1. The average Bonchev–Trinajstić information content (AvgIpc) is 3.28. The van der Waals surface area contributed by atoms with Crippen molar-refractivity contribution in [2.75, 3.05) is 12.9 Å². The second-order valence-corrected chi connectivity index (χ2v) is 8.18. The van der Waals surface area contributed by atoms with E-state index in [1.165, 1.54) is 17.3 Å². The van der Waals surface area contributed by atoms with Crippen molar-refractivity contribution >= 4 is 17.5 Å². The number of hydrogen-bond acceptors (Lipinski definition) is 6. The zero-order valence-corrected chi connectivity index (χ0v) is 18.9. The summed E-state index contributed by atoms with van der Waals surface area (Å²) in [4.78, 5) is 16.9. The summed E-state index contributed by atoms with van der Waals surface area (Å²) in [6.07, 6.45) is 5.55. The van der Waals surface area contributed by atoms with Crippen LogP contribution in [-0.4, -0.2) is 38.4 Å². The van der Waals surface area contributed by atoms with E-state index in [0.29, 0.717) is 16.5 Å². The van der Waals surface area contributed by atoms with Crippen molar-refractivity contribution in [3.8, 4) is 22.8 Å². The summed E-state index contributed by atoms with van der Waals surface area (Å²) in [5.74, 6) is 1.80. The Hall–Kier alpha value is -3.45. The maximum absolute atomic E-state index is 12.8. The number of hydrogen-bond donors (Lipinski definition) is 0. The topological polar surface area (TPSA) is 69.9 Å². The summed E-state index contributed by atoms with van der Waals surface area (Å²) < 4.78 is 7.24. The van der Waals surface area contributed by atoms with Gasteiger partial charge in [0.1, 0.15) is 5.75 Å². The van der Waals surface area contributed by atoms with Crippen molar-refractivity contribution in [1.29, 1.82) is 0 Å². The molecule has 6 nitrogen and oxygen atoms in total. The highest BCUT2D eigenvalue weighted by atomic mass is 32.2. The molecular formula is C25H24N4O2S. The van der Waals surface area contributed by atoms with E-state index < -0.39 is 0 Å². The second kappa shape index (κ2) is 10.2. The third kappa shape index (κ3) is 4.89. The maximum Gasteiger partial charge on any atom is 0.196 e. The van der Waals surface area contributed by atoms with Crippen molar-refractivity contribution in [2.45, 2.75) is 24.9 Å². The first-order valence-electron chi connectivity index (χ1n) is 10.4. The molecule has 0 amide bonds. The Morgan fingerprint density at radius 1 is 0.969 bits per heavy atom. The highest BCUT2D eigenvalue weighted by molar-refractivity contribution is 7.99. The molecule has 0 atom stereocenters. The summed E-state index contributed by atoms with van der Waals surface area (Å²) in [6.45, 7) is 2.15. The average molecular weight is 445 g/mol. The molecule has 7 heteroatoms. The minimum absolute atomic E-state index is 0.0628. The van der Waals surface area contributed by atoms with Crippen LogP contribution in [0.2, 0.25) is 0 Å². The largest absolute Gasteiger partial charge is 0.497 e. The molecule has 0 spiro atoms. The Bertz CT molecular complexity index is 1170. The molecule has 0 saturated heterocycles. The van der Waals surface area contributed by atoms with E-state index in [1.54, 1.807) is 19.5 Å². The molecule has 0 bridgehead atoms. The SMILES string of the molecule is CCCc1ccc(C(=O)CSc2nnc(-c3ccncc3)n2-c2ccc(OC)cc2)cc1. The standard InChI is InChI=1S/C25H24N4O2S/c1-3-4-18-5-7-19(8-6-18)23(30)17-32-25-28-27-24(20-13-15-26-16-14-20)29(25)21-9-11-22(31-2)12-10-21/h5-16H,3-4,17H2,1-2H3. The molecule has 0 aliphatic carbocycles. The van der Waals surface area contributed by atoms with E-state index in [9.17, 15) is 4.79 Å². The predicted octanol–water partition coefficient (Wildman–Crippen LogP) is 5.27. The molecule has 2 heterocycles. The molecule has 4 rings (SSSR count). The predicted molar refractivity (Wildman–Crippen MR) is 127 cm³/mol. The van der Waals surface area contributed by atoms with Gasteiger partial charge in [0.15, 0.2) is 16.8 Å². The van der Waals surface area contributed by atoms with Crippen molar-refractivity contribution in [1.82, 2.24) is 19.7 Å². The molecule has 162 valence electrons. The van der Waals surface area contributed by atoms with E-state index in [1.807, 2.05) is 65.2 Å². The van der Waals surface area contributed by atoms with Crippen molar-refractivity contribution < 1.29 is 9.53 Å². The van der Waals surface area contributed by atoms with Gasteiger partial charge in [-0.25, -0.2) is 0 Å². The Morgan fingerprint density at radius 3 is 2.34 bits per heavy atom. The molecule has 2 aromatic heterocycles. The van der Waals surface area contributed by atoms with Gasteiger partial charge in [-0.1, -0.05) is 49.4 Å². The Morgan fingerprint density at radius 2 is 1.69 bits per heavy atom. The number of pyridine rings is 1. The van der Waals surface area contributed by atoms with Crippen molar-refractivity contribution in [3.63, 3.8) is 0 Å². The van der Waals surface area contributed by atoms with Crippen LogP contribution in [0.25, 0.3) is 17.1 Å². The summed E-state index contributed by atoms with van der Waals surface area (Å²) in [5, 5.41) is 9.45. The van der Waals surface area contributed by atoms with Gasteiger partial charge < -0.3 is 4.74 Å². The van der Waals surface area contributed by atoms with Crippen LogP contribution >= 0.6 is 11.8 Å². The van der Waals surface area contributed by atoms with E-state index >= 15 is 0 Å². The Kier molecular flexibility index (Phi) is 6.97. The molecule has 32 heavy (non-hydrogen) atoms. The van der Waals surface area contributed by atoms with Gasteiger partial charge in [0, 0.05) is 29.2 Å². The summed E-state index contributed by atoms with van der Waals surface area (Å²) >= 11 is 1.38. The normalized spacial score (nSPS) is 10.8. The minimum atomic E-state index is 0.0628. The smallest absolute Gasteiger partial charge is 0.196 e. The number of ether oxygens (including phenoxy) is 1. The fourth-order valence-electron chi connectivity index (χ4n) is 3.37. The fraction of sp³-hybridized carbons (Fsp3) is 0.200. The van der Waals surface area contributed by atoms with Gasteiger partial charge >= 0.3 is 0 Å². The zero-order chi connectivity index (χ0) is 22.3. The van der Waals surface area contributed by atoms with Gasteiger partial charge in [0.25, 0.3) is 0 Å². The van der Waals surface area contributed by atoms with Crippen LogP contribution in [0.5, 0.6) is 5.75 Å². The highest BCUT2D eigenvalue weighted by Crippen LogP contribution is 2.29. The van der Waals surface area contributed by atoms with E-state index in [4.69, 9.17) is 4.74 Å². The fourth-order valence-corrected chi connectivity index (χ4v) is 4.22. The molecule has 0 N–H and O–H groups in total. The molecular weight excluding hydrogens is 420 g/mol. The molecule has 0 saturated carbocycles. The number of methoxy groups -OCH3 is 1. The molecule has 0 aliphatic heterocycles. The minimum Gasteiger partial charge on any atom is -0.497 e. The van der Waals surface area contributed by atoms with Crippen molar-refractivity contribution in [3.05, 3.63) is 84.2 Å². The number of carbonyl (C=O) groups is 1. The lowest BCUT2D eigenvalue weighted by atomic mass is 10.1. The monoisotopic (exact) mass is 444 g/mol. The zero-order valence-electron chi connectivity index (χ0n) is 18.1. The number of benzene rings is 2. The first kappa shape index (κ1) is 21.8. The van der Waals surface area contributed by atoms with Crippen LogP contribution in [0, 0.1) is 0 Å². The first-order valence-corrected chi connectivity index (χ1v) is 11.4. The van der Waals surface area contributed by atoms with Crippen LogP contribution in [0.15, 0.2) is 78.2 Å². The number of rotatable bonds is 9. The third-order valence-corrected chi connectivity index (χ3v) is 5.98. The van der Waals surface area contributed by atoms with E-state index in [0.717, 1.165) is 29.8 Å². The summed E-state index contributed by atoms with van der Waals surface area (Å²) in [5.41, 5.74) is 3.75. The maximum atomic E-state index is 12.8. The van der Waals surface area contributed by atoms with Crippen LogP contribution in [0.1, 0.15) is 29.3 Å². The number of nitrogens with zero attached hydrogens (tertiary/aromatic N) is 4. The lowest BCUT2D eigenvalue weighted by molar-refractivity contribution is 0.102. The molecule has 4 aromatic rings. The van der Waals surface area contributed by atoms with Gasteiger partial charge in [-0.05, 0) is 48.4 Å². The number of carbonyl (C=O) groups excluding carboxylic acids is 1. The Labute approximate surface area is 191 Å². The third-order valence-electron chi connectivity index (χ3n) is 5.05. The van der Waals surface area contributed by atoms with Crippen LogP contribution < -0.4 is 4.74 Å². The number of aromatic nitrogens is 4. The first-order chi connectivity index (χ1) is 15.7. The number of aryl methyl sites for hydroxylation is 1. The number of thioether (sulfide) groups is 1. The van der Waals surface area contributed by atoms with Crippen LogP contribution in [0.3, 0.4) is 0 Å². The molecule has 0 radical (unpaired) electrons. The van der Waals surface area contributed by atoms with E-state index in [2.05, 4.69) is 22.1 Å². The number of ketones is 1. The lowest BCUT2D eigenvalue weighted by Crippen LogP contribution is -2.05. The van der Waals surface area contributed by atoms with Crippen LogP contribution in [-0.2, 0) is 6.42 Å².